The van der Waals surface area contributed by atoms with Gasteiger partial charge in [-0.15, -0.1) is 0 Å². The molecule has 2 heterocycles. The van der Waals surface area contributed by atoms with E-state index in [0.29, 0.717) is 0 Å². The molecule has 0 unspecified atom stereocenters. The maximum Gasteiger partial charge on any atom is 0.0558 e. The zero-order valence-corrected chi connectivity index (χ0v) is 10.4. The first-order valence-electron chi connectivity index (χ1n) is 6.17. The van der Waals surface area contributed by atoms with Gasteiger partial charge in [-0.05, 0) is 38.1 Å². The summed E-state index contributed by atoms with van der Waals surface area (Å²) in [5.41, 5.74) is 1.09. The van der Waals surface area contributed by atoms with E-state index in [4.69, 9.17) is 11.6 Å². The molecule has 16 heavy (non-hydrogen) atoms. The van der Waals surface area contributed by atoms with Gasteiger partial charge in [0.25, 0.3) is 0 Å². The number of aromatic nitrogens is 1. The van der Waals surface area contributed by atoms with E-state index >= 15 is 0 Å². The first-order valence-corrected chi connectivity index (χ1v) is 6.55. The Labute approximate surface area is 103 Å². The molecule has 0 atom stereocenters. The summed E-state index contributed by atoms with van der Waals surface area (Å²) in [4.78, 5) is 6.86. The molecule has 1 aromatic heterocycles. The van der Waals surface area contributed by atoms with Crippen LogP contribution in [0.3, 0.4) is 0 Å². The standard InChI is InChI=1S/C13H19ClN2/c14-12-6-7-15-13(10-12)11-16-8-4-2-1-3-5-9-16/h6-7,10H,1-5,8-9,11H2. The molecule has 0 amide bonds. The topological polar surface area (TPSA) is 16.1 Å². The van der Waals surface area contributed by atoms with Crippen LogP contribution in [0.1, 0.15) is 37.8 Å². The van der Waals surface area contributed by atoms with Gasteiger partial charge in [-0.1, -0.05) is 30.9 Å². The number of nitrogens with zero attached hydrogens (tertiary/aromatic N) is 2. The normalized spacial score (nSPS) is 19.1. The van der Waals surface area contributed by atoms with Gasteiger partial charge < -0.3 is 0 Å². The highest BCUT2D eigenvalue weighted by Gasteiger charge is 2.09. The monoisotopic (exact) mass is 238 g/mol. The predicted molar refractivity (Wildman–Crippen MR) is 67.6 cm³/mol. The molecule has 1 aliphatic rings. The number of halogens is 1. The number of hydrogen-bond acceptors (Lipinski definition) is 2. The van der Waals surface area contributed by atoms with Crippen LogP contribution < -0.4 is 0 Å². The Hall–Kier alpha value is -0.600. The van der Waals surface area contributed by atoms with Crippen molar-refractivity contribution < 1.29 is 0 Å². The molecule has 0 aliphatic carbocycles. The van der Waals surface area contributed by atoms with Crippen molar-refractivity contribution in [2.75, 3.05) is 13.1 Å². The second kappa shape index (κ2) is 6.21. The van der Waals surface area contributed by atoms with E-state index in [9.17, 15) is 0 Å². The van der Waals surface area contributed by atoms with Gasteiger partial charge in [-0.2, -0.15) is 0 Å². The predicted octanol–water partition coefficient (Wildman–Crippen LogP) is 3.50. The lowest BCUT2D eigenvalue weighted by Crippen LogP contribution is -2.27. The van der Waals surface area contributed by atoms with Gasteiger partial charge in [0.05, 0.1) is 5.69 Å². The smallest absolute Gasteiger partial charge is 0.0558 e. The Kier molecular flexibility index (Phi) is 4.61. The van der Waals surface area contributed by atoms with Crippen molar-refractivity contribution in [2.45, 2.75) is 38.6 Å². The van der Waals surface area contributed by atoms with Gasteiger partial charge in [-0.3, -0.25) is 9.88 Å². The van der Waals surface area contributed by atoms with Crippen LogP contribution in [-0.4, -0.2) is 23.0 Å². The minimum Gasteiger partial charge on any atom is -0.298 e. The number of rotatable bonds is 2. The van der Waals surface area contributed by atoms with Crippen LogP contribution in [-0.2, 0) is 6.54 Å². The summed E-state index contributed by atoms with van der Waals surface area (Å²) >= 11 is 5.96. The largest absolute Gasteiger partial charge is 0.298 e. The van der Waals surface area contributed by atoms with E-state index in [-0.39, 0.29) is 0 Å². The summed E-state index contributed by atoms with van der Waals surface area (Å²) < 4.78 is 0. The minimum atomic E-state index is 0.789. The molecule has 3 heteroatoms. The fourth-order valence-electron chi connectivity index (χ4n) is 2.24. The summed E-state index contributed by atoms with van der Waals surface area (Å²) in [5, 5.41) is 0.789. The average Bonchev–Trinajstić information content (AvgIpc) is 2.22. The van der Waals surface area contributed by atoms with E-state index in [1.807, 2.05) is 12.1 Å². The number of hydrogen-bond donors (Lipinski definition) is 0. The summed E-state index contributed by atoms with van der Waals surface area (Å²) in [6.45, 7) is 3.35. The number of likely N-dealkylation sites (tertiary alicyclic amines) is 1. The van der Waals surface area contributed by atoms with Crippen molar-refractivity contribution in [1.29, 1.82) is 0 Å². The van der Waals surface area contributed by atoms with Crippen molar-refractivity contribution in [1.82, 2.24) is 9.88 Å². The third-order valence-electron chi connectivity index (χ3n) is 3.11. The Balaban J connectivity index is 1.91. The van der Waals surface area contributed by atoms with Crippen molar-refractivity contribution in [3.8, 4) is 0 Å². The van der Waals surface area contributed by atoms with Crippen LogP contribution in [0.5, 0.6) is 0 Å². The van der Waals surface area contributed by atoms with Crippen LogP contribution in [0.15, 0.2) is 18.3 Å². The van der Waals surface area contributed by atoms with Crippen LogP contribution in [0.2, 0.25) is 5.02 Å². The fraction of sp³-hybridized carbons (Fsp3) is 0.615. The molecule has 0 radical (unpaired) electrons. The maximum absolute atomic E-state index is 5.96. The van der Waals surface area contributed by atoms with E-state index < -0.39 is 0 Å². The van der Waals surface area contributed by atoms with E-state index in [0.717, 1.165) is 17.3 Å². The molecule has 0 aromatic carbocycles. The maximum atomic E-state index is 5.96. The Morgan fingerprint density at radius 2 is 1.81 bits per heavy atom. The lowest BCUT2D eigenvalue weighted by molar-refractivity contribution is 0.237. The Morgan fingerprint density at radius 3 is 2.50 bits per heavy atom. The highest BCUT2D eigenvalue weighted by Crippen LogP contribution is 2.14. The third kappa shape index (κ3) is 3.76. The first-order chi connectivity index (χ1) is 7.84. The van der Waals surface area contributed by atoms with Gasteiger partial charge in [0.15, 0.2) is 0 Å². The fourth-order valence-corrected chi connectivity index (χ4v) is 2.42. The van der Waals surface area contributed by atoms with Gasteiger partial charge in [-0.25, -0.2) is 0 Å². The molecule has 1 saturated heterocycles. The second-order valence-corrected chi connectivity index (χ2v) is 4.95. The van der Waals surface area contributed by atoms with Gasteiger partial charge in [0.2, 0.25) is 0 Å². The first kappa shape index (κ1) is 11.9. The summed E-state index contributed by atoms with van der Waals surface area (Å²) in [6.07, 6.45) is 8.59. The quantitative estimate of drug-likeness (QED) is 0.784. The molecule has 0 bridgehead atoms. The molecule has 0 saturated carbocycles. The van der Waals surface area contributed by atoms with Gasteiger partial charge in [0, 0.05) is 17.8 Å². The van der Waals surface area contributed by atoms with Crippen molar-refractivity contribution in [3.63, 3.8) is 0 Å². The zero-order chi connectivity index (χ0) is 11.2. The Bertz CT molecular complexity index is 319. The van der Waals surface area contributed by atoms with Crippen LogP contribution in [0.25, 0.3) is 0 Å². The average molecular weight is 239 g/mol. The molecule has 1 aliphatic heterocycles. The lowest BCUT2D eigenvalue weighted by atomic mass is 10.1. The molecular weight excluding hydrogens is 220 g/mol. The minimum absolute atomic E-state index is 0.789. The lowest BCUT2D eigenvalue weighted by Gasteiger charge is -2.23. The van der Waals surface area contributed by atoms with Gasteiger partial charge in [0.1, 0.15) is 0 Å². The van der Waals surface area contributed by atoms with Crippen LogP contribution >= 0.6 is 11.6 Å². The molecule has 1 fully saturated rings. The second-order valence-electron chi connectivity index (χ2n) is 4.51. The van der Waals surface area contributed by atoms with Gasteiger partial charge >= 0.3 is 0 Å². The summed E-state index contributed by atoms with van der Waals surface area (Å²) in [7, 11) is 0. The molecular formula is C13H19ClN2. The SMILES string of the molecule is Clc1ccnc(CN2CCCCCCC2)c1. The molecule has 0 spiro atoms. The highest BCUT2D eigenvalue weighted by atomic mass is 35.5. The third-order valence-corrected chi connectivity index (χ3v) is 3.35. The molecule has 2 nitrogen and oxygen atoms in total. The Morgan fingerprint density at radius 1 is 1.12 bits per heavy atom. The van der Waals surface area contributed by atoms with E-state index in [1.54, 1.807) is 6.20 Å². The highest BCUT2D eigenvalue weighted by molar-refractivity contribution is 6.30. The molecule has 0 N–H and O–H groups in total. The molecule has 88 valence electrons. The zero-order valence-electron chi connectivity index (χ0n) is 9.66. The molecule has 1 aromatic rings. The number of pyridine rings is 1. The van der Waals surface area contributed by atoms with Crippen molar-refractivity contribution in [3.05, 3.63) is 29.0 Å². The van der Waals surface area contributed by atoms with Crippen molar-refractivity contribution >= 4 is 11.6 Å². The summed E-state index contributed by atoms with van der Waals surface area (Å²) in [5.74, 6) is 0. The van der Waals surface area contributed by atoms with Crippen LogP contribution in [0, 0.1) is 0 Å². The van der Waals surface area contributed by atoms with E-state index in [1.165, 1.54) is 45.2 Å². The van der Waals surface area contributed by atoms with E-state index in [2.05, 4.69) is 9.88 Å². The molecule has 2 rings (SSSR count). The van der Waals surface area contributed by atoms with Crippen molar-refractivity contribution in [2.24, 2.45) is 0 Å². The van der Waals surface area contributed by atoms with Crippen LogP contribution in [0.4, 0.5) is 0 Å². The summed E-state index contributed by atoms with van der Waals surface area (Å²) in [6, 6.07) is 3.80.